The van der Waals surface area contributed by atoms with Crippen molar-refractivity contribution in [3.63, 3.8) is 0 Å². The normalized spacial score (nSPS) is 11.5. The fraction of sp³-hybridized carbons (Fsp3) is 0.556. The molecule has 5 nitrogen and oxygen atoms in total. The van der Waals surface area contributed by atoms with Crippen LogP contribution in [-0.4, -0.2) is 24.1 Å². The highest BCUT2D eigenvalue weighted by Crippen LogP contribution is 2.15. The van der Waals surface area contributed by atoms with Crippen LogP contribution in [0.3, 0.4) is 0 Å². The average molecular weight is 196 g/mol. The number of nitrogens with zero attached hydrogens (tertiary/aromatic N) is 2. The van der Waals surface area contributed by atoms with Gasteiger partial charge in [0.25, 0.3) is 0 Å². The lowest BCUT2D eigenvalue weighted by Crippen LogP contribution is -2.33. The number of H-pyrrole nitrogens is 1. The molecule has 0 fully saturated rings. The lowest BCUT2D eigenvalue weighted by Gasteiger charge is -2.20. The molecule has 0 bridgehead atoms. The van der Waals surface area contributed by atoms with Gasteiger partial charge < -0.3 is 15.6 Å². The van der Waals surface area contributed by atoms with Crippen molar-refractivity contribution < 1.29 is 0 Å². The first-order chi connectivity index (χ1) is 6.30. The molecule has 1 heterocycles. The SMILES string of the molecule is CN(C)c1cc(C(C)(C)N)[nH]c(=O)n1. The lowest BCUT2D eigenvalue weighted by atomic mass is 10.0. The molecule has 0 aliphatic carbocycles. The molecule has 78 valence electrons. The summed E-state index contributed by atoms with van der Waals surface area (Å²) in [5.41, 5.74) is 5.63. The van der Waals surface area contributed by atoms with Gasteiger partial charge in [0.1, 0.15) is 5.82 Å². The Balaban J connectivity index is 3.28. The largest absolute Gasteiger partial charge is 0.363 e. The number of aromatic amines is 1. The molecule has 0 radical (unpaired) electrons. The molecule has 0 atom stereocenters. The number of nitrogens with two attached hydrogens (primary N) is 1. The summed E-state index contributed by atoms with van der Waals surface area (Å²) in [5, 5.41) is 0. The highest BCUT2D eigenvalue weighted by molar-refractivity contribution is 5.38. The third-order valence-corrected chi connectivity index (χ3v) is 1.88. The molecule has 1 rings (SSSR count). The fourth-order valence-electron chi connectivity index (χ4n) is 1.02. The Bertz CT molecular complexity index is 375. The maximum atomic E-state index is 11.2. The topological polar surface area (TPSA) is 75.0 Å². The van der Waals surface area contributed by atoms with Crippen molar-refractivity contribution in [2.24, 2.45) is 5.73 Å². The molecule has 0 amide bonds. The second-order valence-corrected chi connectivity index (χ2v) is 4.07. The van der Waals surface area contributed by atoms with Gasteiger partial charge in [0, 0.05) is 25.9 Å². The van der Waals surface area contributed by atoms with E-state index in [1.807, 2.05) is 27.9 Å². The zero-order valence-electron chi connectivity index (χ0n) is 8.96. The third-order valence-electron chi connectivity index (χ3n) is 1.88. The van der Waals surface area contributed by atoms with E-state index in [1.165, 1.54) is 0 Å². The van der Waals surface area contributed by atoms with E-state index in [9.17, 15) is 4.79 Å². The predicted molar refractivity (Wildman–Crippen MR) is 56.4 cm³/mol. The first-order valence-electron chi connectivity index (χ1n) is 4.39. The number of hydrogen-bond donors (Lipinski definition) is 2. The Morgan fingerprint density at radius 2 is 2.07 bits per heavy atom. The fourth-order valence-corrected chi connectivity index (χ4v) is 1.02. The molecule has 0 unspecified atom stereocenters. The lowest BCUT2D eigenvalue weighted by molar-refractivity contribution is 0.531. The monoisotopic (exact) mass is 196 g/mol. The van der Waals surface area contributed by atoms with Gasteiger partial charge in [-0.05, 0) is 13.8 Å². The van der Waals surface area contributed by atoms with Gasteiger partial charge in [0.15, 0.2) is 0 Å². The Labute approximate surface area is 83.0 Å². The molecule has 0 saturated heterocycles. The van der Waals surface area contributed by atoms with Crippen LogP contribution in [0.25, 0.3) is 0 Å². The van der Waals surface area contributed by atoms with Crippen LogP contribution in [-0.2, 0) is 5.54 Å². The zero-order chi connectivity index (χ0) is 10.9. The van der Waals surface area contributed by atoms with Crippen LogP contribution in [0.4, 0.5) is 5.82 Å². The van der Waals surface area contributed by atoms with E-state index in [0.29, 0.717) is 11.5 Å². The smallest absolute Gasteiger partial charge is 0.347 e. The quantitative estimate of drug-likeness (QED) is 0.699. The van der Waals surface area contributed by atoms with Crippen LogP contribution in [0, 0.1) is 0 Å². The highest BCUT2D eigenvalue weighted by atomic mass is 16.1. The van der Waals surface area contributed by atoms with Crippen LogP contribution in [0.5, 0.6) is 0 Å². The van der Waals surface area contributed by atoms with Crippen molar-refractivity contribution in [2.45, 2.75) is 19.4 Å². The molecule has 14 heavy (non-hydrogen) atoms. The van der Waals surface area contributed by atoms with Gasteiger partial charge in [-0.2, -0.15) is 4.98 Å². The molecular formula is C9H16N4O. The molecule has 0 aliphatic rings. The summed E-state index contributed by atoms with van der Waals surface area (Å²) in [6.45, 7) is 3.66. The van der Waals surface area contributed by atoms with Gasteiger partial charge in [-0.25, -0.2) is 4.79 Å². The van der Waals surface area contributed by atoms with Gasteiger partial charge in [-0.15, -0.1) is 0 Å². The van der Waals surface area contributed by atoms with E-state index in [2.05, 4.69) is 9.97 Å². The van der Waals surface area contributed by atoms with Crippen LogP contribution in [0.15, 0.2) is 10.9 Å². The molecule has 3 N–H and O–H groups in total. The zero-order valence-corrected chi connectivity index (χ0v) is 8.96. The maximum Gasteiger partial charge on any atom is 0.347 e. The molecule has 5 heteroatoms. The van der Waals surface area contributed by atoms with Gasteiger partial charge in [-0.1, -0.05) is 0 Å². The summed E-state index contributed by atoms with van der Waals surface area (Å²) in [5.74, 6) is 0.613. The molecule has 1 aromatic rings. The van der Waals surface area contributed by atoms with E-state index < -0.39 is 5.54 Å². The molecule has 0 aromatic carbocycles. The Morgan fingerprint density at radius 1 is 1.50 bits per heavy atom. The minimum absolute atomic E-state index is 0.371. The van der Waals surface area contributed by atoms with E-state index >= 15 is 0 Å². The number of hydrogen-bond acceptors (Lipinski definition) is 4. The second-order valence-electron chi connectivity index (χ2n) is 4.07. The Kier molecular flexibility index (Phi) is 2.62. The summed E-state index contributed by atoms with van der Waals surface area (Å²) >= 11 is 0. The summed E-state index contributed by atoms with van der Waals surface area (Å²) in [6.07, 6.45) is 0. The number of rotatable bonds is 2. The number of aromatic nitrogens is 2. The van der Waals surface area contributed by atoms with E-state index in [0.717, 1.165) is 0 Å². The number of nitrogens with one attached hydrogen (secondary N) is 1. The first kappa shape index (κ1) is 10.7. The van der Waals surface area contributed by atoms with Crippen LogP contribution in [0.1, 0.15) is 19.5 Å². The van der Waals surface area contributed by atoms with E-state index in [1.54, 1.807) is 11.0 Å². The van der Waals surface area contributed by atoms with Crippen molar-refractivity contribution >= 4 is 5.82 Å². The molecule has 0 spiro atoms. The van der Waals surface area contributed by atoms with Crippen LogP contribution < -0.4 is 16.3 Å². The summed E-state index contributed by atoms with van der Waals surface area (Å²) in [7, 11) is 3.66. The minimum atomic E-state index is -0.563. The summed E-state index contributed by atoms with van der Waals surface area (Å²) < 4.78 is 0. The summed E-state index contributed by atoms with van der Waals surface area (Å²) in [6, 6.07) is 1.78. The van der Waals surface area contributed by atoms with Crippen molar-refractivity contribution in [1.29, 1.82) is 0 Å². The minimum Gasteiger partial charge on any atom is -0.363 e. The first-order valence-corrected chi connectivity index (χ1v) is 4.39. The summed E-state index contributed by atoms with van der Waals surface area (Å²) in [4.78, 5) is 19.4. The average Bonchev–Trinajstić information content (AvgIpc) is 2.01. The van der Waals surface area contributed by atoms with Gasteiger partial charge >= 0.3 is 5.69 Å². The molecule has 0 saturated carbocycles. The van der Waals surface area contributed by atoms with Crippen molar-refractivity contribution in [1.82, 2.24) is 9.97 Å². The molecule has 0 aliphatic heterocycles. The van der Waals surface area contributed by atoms with Gasteiger partial charge in [0.2, 0.25) is 0 Å². The van der Waals surface area contributed by atoms with E-state index in [-0.39, 0.29) is 5.69 Å². The molecule has 1 aromatic heterocycles. The Hall–Kier alpha value is -1.36. The highest BCUT2D eigenvalue weighted by Gasteiger charge is 2.16. The second kappa shape index (κ2) is 3.42. The maximum absolute atomic E-state index is 11.2. The van der Waals surface area contributed by atoms with Crippen molar-refractivity contribution in [2.75, 3.05) is 19.0 Å². The van der Waals surface area contributed by atoms with Gasteiger partial charge in [0.05, 0.1) is 5.54 Å². The molecular weight excluding hydrogens is 180 g/mol. The Morgan fingerprint density at radius 3 is 2.50 bits per heavy atom. The van der Waals surface area contributed by atoms with Crippen LogP contribution in [0.2, 0.25) is 0 Å². The van der Waals surface area contributed by atoms with Crippen molar-refractivity contribution in [3.8, 4) is 0 Å². The van der Waals surface area contributed by atoms with E-state index in [4.69, 9.17) is 5.73 Å². The van der Waals surface area contributed by atoms with Gasteiger partial charge in [-0.3, -0.25) is 0 Å². The third kappa shape index (κ3) is 2.32. The van der Waals surface area contributed by atoms with Crippen molar-refractivity contribution in [3.05, 3.63) is 22.2 Å². The standard InChI is InChI=1S/C9H16N4O/c1-9(2,10)6-5-7(13(3)4)12-8(14)11-6/h5H,10H2,1-4H3,(H,11,12,14). The van der Waals surface area contributed by atoms with Crippen LogP contribution >= 0.6 is 0 Å². The number of anilines is 1. The predicted octanol–water partition coefficient (Wildman–Crippen LogP) is 0.0297.